The van der Waals surface area contributed by atoms with Crippen LogP contribution in [0.25, 0.3) is 22.6 Å². The van der Waals surface area contributed by atoms with Gasteiger partial charge in [0.15, 0.2) is 0 Å². The zero-order valence-electron chi connectivity index (χ0n) is 10.2. The maximum Gasteiger partial charge on any atom is 0.101 e. The monoisotopic (exact) mass is 245 g/mol. The maximum atomic E-state index is 9.28. The van der Waals surface area contributed by atoms with Crippen molar-refractivity contribution in [1.82, 2.24) is 9.97 Å². The first-order valence-corrected chi connectivity index (χ1v) is 5.98. The Morgan fingerprint density at radius 2 is 2.00 bits per heavy atom. The van der Waals surface area contributed by atoms with Crippen molar-refractivity contribution >= 4 is 22.6 Å². The number of allylic oxidation sites excluding steroid dienone is 1. The van der Waals surface area contributed by atoms with E-state index in [2.05, 4.69) is 16.0 Å². The van der Waals surface area contributed by atoms with Crippen LogP contribution in [0.15, 0.2) is 54.9 Å². The molecular formula is C16H11N3. The largest absolute Gasteiger partial charge is 0.361 e. The summed E-state index contributed by atoms with van der Waals surface area (Å²) < 4.78 is 0. The second kappa shape index (κ2) is 4.79. The summed E-state index contributed by atoms with van der Waals surface area (Å²) in [4.78, 5) is 7.40. The lowest BCUT2D eigenvalue weighted by molar-refractivity contribution is 1.28. The number of aromatic nitrogens is 2. The summed E-state index contributed by atoms with van der Waals surface area (Å²) in [6.07, 6.45) is 5.46. The zero-order valence-corrected chi connectivity index (χ0v) is 10.2. The Bertz CT molecular complexity index is 776. The van der Waals surface area contributed by atoms with E-state index in [1.165, 1.54) is 0 Å². The molecule has 0 aliphatic rings. The van der Waals surface area contributed by atoms with Crippen molar-refractivity contribution < 1.29 is 0 Å². The van der Waals surface area contributed by atoms with Crippen LogP contribution in [-0.2, 0) is 0 Å². The van der Waals surface area contributed by atoms with Gasteiger partial charge in [-0.3, -0.25) is 4.98 Å². The normalized spacial score (nSPS) is 11.4. The second-order valence-electron chi connectivity index (χ2n) is 4.17. The molecule has 0 bridgehead atoms. The molecule has 3 rings (SSSR count). The van der Waals surface area contributed by atoms with Gasteiger partial charge in [-0.05, 0) is 24.3 Å². The molecule has 0 spiro atoms. The molecule has 0 fully saturated rings. The molecule has 0 aliphatic heterocycles. The number of aromatic amines is 1. The fraction of sp³-hybridized carbons (Fsp3) is 0. The summed E-state index contributed by atoms with van der Waals surface area (Å²) in [5, 5.41) is 10.4. The van der Waals surface area contributed by atoms with Gasteiger partial charge in [-0.25, -0.2) is 0 Å². The van der Waals surface area contributed by atoms with Gasteiger partial charge in [-0.15, -0.1) is 0 Å². The predicted octanol–water partition coefficient (Wildman–Crippen LogP) is 3.63. The van der Waals surface area contributed by atoms with Gasteiger partial charge >= 0.3 is 0 Å². The number of nitrogens with one attached hydrogen (secondary N) is 1. The van der Waals surface area contributed by atoms with E-state index in [-0.39, 0.29) is 0 Å². The van der Waals surface area contributed by atoms with Crippen LogP contribution in [0, 0.1) is 11.3 Å². The molecule has 0 aliphatic carbocycles. The summed E-state index contributed by atoms with van der Waals surface area (Å²) in [6, 6.07) is 15.8. The van der Waals surface area contributed by atoms with Crippen LogP contribution < -0.4 is 0 Å². The van der Waals surface area contributed by atoms with E-state index >= 15 is 0 Å². The summed E-state index contributed by atoms with van der Waals surface area (Å²) >= 11 is 0. The van der Waals surface area contributed by atoms with Crippen LogP contribution in [-0.4, -0.2) is 9.97 Å². The number of nitrogens with zero attached hydrogens (tertiary/aromatic N) is 2. The minimum atomic E-state index is 0.561. The number of hydrogen-bond donors (Lipinski definition) is 1. The smallest absolute Gasteiger partial charge is 0.101 e. The quantitative estimate of drug-likeness (QED) is 0.701. The number of pyridine rings is 1. The van der Waals surface area contributed by atoms with Gasteiger partial charge in [0.2, 0.25) is 0 Å². The first-order valence-electron chi connectivity index (χ1n) is 5.98. The number of rotatable bonds is 2. The average Bonchev–Trinajstić information content (AvgIpc) is 2.89. The van der Waals surface area contributed by atoms with Gasteiger partial charge in [0.25, 0.3) is 0 Å². The Labute approximate surface area is 110 Å². The standard InChI is InChI=1S/C16H11N3/c17-10-12(15-6-3-4-8-18-15)9-13-11-19-16-7-2-1-5-14(13)16/h1-9,11,19H/b12-9+. The van der Waals surface area contributed by atoms with Crippen molar-refractivity contribution in [2.45, 2.75) is 0 Å². The molecule has 0 amide bonds. The van der Waals surface area contributed by atoms with Crippen molar-refractivity contribution in [2.24, 2.45) is 0 Å². The van der Waals surface area contributed by atoms with Crippen molar-refractivity contribution in [3.8, 4) is 6.07 Å². The Morgan fingerprint density at radius 1 is 1.16 bits per heavy atom. The minimum Gasteiger partial charge on any atom is -0.361 e. The summed E-state index contributed by atoms with van der Waals surface area (Å²) in [5.74, 6) is 0. The van der Waals surface area contributed by atoms with Crippen LogP contribution in [0.4, 0.5) is 0 Å². The van der Waals surface area contributed by atoms with Gasteiger partial charge in [0.1, 0.15) is 6.07 Å². The third-order valence-electron chi connectivity index (χ3n) is 2.98. The molecule has 0 atom stereocenters. The van der Waals surface area contributed by atoms with Crippen LogP contribution in [0.2, 0.25) is 0 Å². The Morgan fingerprint density at radius 3 is 2.79 bits per heavy atom. The van der Waals surface area contributed by atoms with Crippen molar-refractivity contribution in [2.75, 3.05) is 0 Å². The highest BCUT2D eigenvalue weighted by Crippen LogP contribution is 2.22. The first kappa shape index (κ1) is 11.2. The lowest BCUT2D eigenvalue weighted by atomic mass is 10.1. The van der Waals surface area contributed by atoms with E-state index in [9.17, 15) is 5.26 Å². The van der Waals surface area contributed by atoms with E-state index in [0.29, 0.717) is 11.3 Å². The molecule has 0 unspecified atom stereocenters. The third kappa shape index (κ3) is 2.12. The fourth-order valence-electron chi connectivity index (χ4n) is 2.05. The molecule has 1 N–H and O–H groups in total. The molecule has 0 radical (unpaired) electrons. The molecule has 1 aromatic carbocycles. The molecule has 2 heterocycles. The molecular weight excluding hydrogens is 234 g/mol. The Kier molecular flexibility index (Phi) is 2.83. The first-order chi connectivity index (χ1) is 9.38. The topological polar surface area (TPSA) is 52.5 Å². The average molecular weight is 245 g/mol. The molecule has 19 heavy (non-hydrogen) atoms. The van der Waals surface area contributed by atoms with Crippen molar-refractivity contribution in [3.05, 3.63) is 66.1 Å². The number of benzene rings is 1. The van der Waals surface area contributed by atoms with Crippen molar-refractivity contribution in [3.63, 3.8) is 0 Å². The highest BCUT2D eigenvalue weighted by molar-refractivity contribution is 5.97. The molecule has 2 aromatic heterocycles. The summed E-state index contributed by atoms with van der Waals surface area (Å²) in [7, 11) is 0. The SMILES string of the molecule is N#C/C(=C\c1c[nH]c2ccccc12)c1ccccn1. The Balaban J connectivity index is 2.12. The second-order valence-corrected chi connectivity index (χ2v) is 4.17. The highest BCUT2D eigenvalue weighted by atomic mass is 14.7. The number of fused-ring (bicyclic) bond motifs is 1. The van der Waals surface area contributed by atoms with E-state index < -0.39 is 0 Å². The highest BCUT2D eigenvalue weighted by Gasteiger charge is 2.05. The number of H-pyrrole nitrogens is 1. The van der Waals surface area contributed by atoms with E-state index in [1.807, 2.05) is 54.7 Å². The van der Waals surface area contributed by atoms with Crippen LogP contribution in [0.5, 0.6) is 0 Å². The molecule has 90 valence electrons. The molecule has 3 aromatic rings. The van der Waals surface area contributed by atoms with Crippen LogP contribution in [0.3, 0.4) is 0 Å². The van der Waals surface area contributed by atoms with Crippen molar-refractivity contribution in [1.29, 1.82) is 5.26 Å². The number of hydrogen-bond acceptors (Lipinski definition) is 2. The molecule has 3 heteroatoms. The number of para-hydroxylation sites is 1. The zero-order chi connectivity index (χ0) is 13.1. The fourth-order valence-corrected chi connectivity index (χ4v) is 2.05. The van der Waals surface area contributed by atoms with Gasteiger partial charge in [-0.2, -0.15) is 5.26 Å². The summed E-state index contributed by atoms with van der Waals surface area (Å²) in [5.41, 5.74) is 3.31. The molecule has 0 saturated heterocycles. The van der Waals surface area contributed by atoms with Gasteiger partial charge in [0.05, 0.1) is 11.3 Å². The molecule has 0 saturated carbocycles. The lowest BCUT2D eigenvalue weighted by Gasteiger charge is -1.97. The lowest BCUT2D eigenvalue weighted by Crippen LogP contribution is -1.85. The van der Waals surface area contributed by atoms with Gasteiger partial charge < -0.3 is 4.98 Å². The third-order valence-corrected chi connectivity index (χ3v) is 2.98. The van der Waals surface area contributed by atoms with Crippen LogP contribution >= 0.6 is 0 Å². The van der Waals surface area contributed by atoms with E-state index in [4.69, 9.17) is 0 Å². The number of nitriles is 1. The van der Waals surface area contributed by atoms with Crippen LogP contribution in [0.1, 0.15) is 11.3 Å². The Hall–Kier alpha value is -2.86. The summed E-state index contributed by atoms with van der Waals surface area (Å²) in [6.45, 7) is 0. The molecule has 3 nitrogen and oxygen atoms in total. The minimum absolute atomic E-state index is 0.561. The van der Waals surface area contributed by atoms with E-state index in [1.54, 1.807) is 6.20 Å². The predicted molar refractivity (Wildman–Crippen MR) is 76.0 cm³/mol. The van der Waals surface area contributed by atoms with Gasteiger partial charge in [-0.1, -0.05) is 24.3 Å². The van der Waals surface area contributed by atoms with E-state index in [0.717, 1.165) is 16.5 Å². The van der Waals surface area contributed by atoms with Gasteiger partial charge in [0, 0.05) is 28.9 Å². The maximum absolute atomic E-state index is 9.28.